The molecule has 1 aromatic rings. The number of benzene rings is 1. The number of amides is 1. The zero-order valence-electron chi connectivity index (χ0n) is 13.1. The zero-order valence-corrected chi connectivity index (χ0v) is 13.1. The molecule has 4 heteroatoms. The van der Waals surface area contributed by atoms with E-state index in [2.05, 4.69) is 32.9 Å². The minimum atomic E-state index is -0.00930. The lowest BCUT2D eigenvalue weighted by molar-refractivity contribution is -0.928. The Hall–Kier alpha value is -1.39. The van der Waals surface area contributed by atoms with E-state index in [1.165, 1.54) is 10.5 Å². The predicted molar refractivity (Wildman–Crippen MR) is 82.7 cm³/mol. The highest BCUT2D eigenvalue weighted by Gasteiger charge is 2.37. The molecule has 0 aromatic heterocycles. The summed E-state index contributed by atoms with van der Waals surface area (Å²) in [6.45, 7) is 8.89. The van der Waals surface area contributed by atoms with Crippen molar-refractivity contribution in [2.75, 3.05) is 24.5 Å². The lowest BCUT2D eigenvalue weighted by Gasteiger charge is -2.36. The zero-order chi connectivity index (χ0) is 15.0. The molecule has 1 N–H and O–H groups in total. The lowest BCUT2D eigenvalue weighted by atomic mass is 10.1. The molecule has 2 aliphatic heterocycles. The van der Waals surface area contributed by atoms with Crippen molar-refractivity contribution in [1.29, 1.82) is 0 Å². The molecule has 2 heterocycles. The standard InChI is InChI=1S/C17H24N2O2/c1-12-10-18(11-13(2)21-12)14(3)17(20)19-9-8-15-6-4-5-7-16(15)19/h4-7,12-14H,8-11H2,1-3H3/p+1/t12-,13-,14+/m1/s1. The van der Waals surface area contributed by atoms with Gasteiger partial charge in [-0.05, 0) is 38.8 Å². The molecule has 2 aliphatic rings. The summed E-state index contributed by atoms with van der Waals surface area (Å²) in [5.41, 5.74) is 2.39. The maximum atomic E-state index is 12.9. The fourth-order valence-corrected chi connectivity index (χ4v) is 3.64. The van der Waals surface area contributed by atoms with Gasteiger partial charge in [-0.3, -0.25) is 4.79 Å². The first-order valence-corrected chi connectivity index (χ1v) is 7.95. The van der Waals surface area contributed by atoms with Crippen LogP contribution in [0.2, 0.25) is 0 Å². The van der Waals surface area contributed by atoms with Crippen LogP contribution in [0.4, 0.5) is 5.69 Å². The first kappa shape index (κ1) is 14.5. The highest BCUT2D eigenvalue weighted by Crippen LogP contribution is 2.27. The summed E-state index contributed by atoms with van der Waals surface area (Å²) >= 11 is 0. The van der Waals surface area contributed by atoms with Crippen LogP contribution >= 0.6 is 0 Å². The van der Waals surface area contributed by atoms with Gasteiger partial charge in [-0.2, -0.15) is 0 Å². The fourth-order valence-electron chi connectivity index (χ4n) is 3.64. The van der Waals surface area contributed by atoms with Gasteiger partial charge in [0.05, 0.1) is 0 Å². The van der Waals surface area contributed by atoms with Crippen molar-refractivity contribution >= 4 is 11.6 Å². The third kappa shape index (κ3) is 2.83. The molecule has 0 unspecified atom stereocenters. The van der Waals surface area contributed by atoms with E-state index in [1.807, 2.05) is 17.0 Å². The van der Waals surface area contributed by atoms with Crippen molar-refractivity contribution in [3.8, 4) is 0 Å². The Morgan fingerprint density at radius 3 is 2.67 bits per heavy atom. The molecule has 1 amide bonds. The lowest BCUT2D eigenvalue weighted by Crippen LogP contribution is -3.19. The first-order chi connectivity index (χ1) is 10.1. The quantitative estimate of drug-likeness (QED) is 0.868. The number of ether oxygens (including phenoxy) is 1. The number of rotatable bonds is 2. The van der Waals surface area contributed by atoms with Crippen LogP contribution < -0.4 is 9.80 Å². The van der Waals surface area contributed by atoms with Crippen molar-refractivity contribution in [2.45, 2.75) is 45.4 Å². The average molecular weight is 289 g/mol. The van der Waals surface area contributed by atoms with Gasteiger partial charge in [0.15, 0.2) is 6.04 Å². The molecule has 1 aromatic carbocycles. The topological polar surface area (TPSA) is 34.0 Å². The minimum absolute atomic E-state index is 0.00930. The van der Waals surface area contributed by atoms with Crippen LogP contribution in [0.3, 0.4) is 0 Å². The van der Waals surface area contributed by atoms with E-state index in [0.29, 0.717) is 0 Å². The van der Waals surface area contributed by atoms with Gasteiger partial charge >= 0.3 is 0 Å². The molecule has 21 heavy (non-hydrogen) atoms. The van der Waals surface area contributed by atoms with Crippen molar-refractivity contribution in [2.24, 2.45) is 0 Å². The summed E-state index contributed by atoms with van der Waals surface area (Å²) in [5, 5.41) is 0. The molecule has 0 bridgehead atoms. The van der Waals surface area contributed by atoms with Crippen LogP contribution in [0.15, 0.2) is 24.3 Å². The number of carbonyl (C=O) groups is 1. The summed E-state index contributed by atoms with van der Waals surface area (Å²) in [7, 11) is 0. The molecule has 1 fully saturated rings. The maximum absolute atomic E-state index is 12.9. The summed E-state index contributed by atoms with van der Waals surface area (Å²) in [6, 6.07) is 8.24. The summed E-state index contributed by atoms with van der Waals surface area (Å²) in [4.78, 5) is 16.2. The van der Waals surface area contributed by atoms with Gasteiger partial charge in [-0.1, -0.05) is 18.2 Å². The van der Waals surface area contributed by atoms with E-state index in [0.717, 1.165) is 31.7 Å². The van der Waals surface area contributed by atoms with Crippen molar-refractivity contribution < 1.29 is 14.4 Å². The number of fused-ring (bicyclic) bond motifs is 1. The fraction of sp³-hybridized carbons (Fsp3) is 0.588. The Balaban J connectivity index is 1.74. The van der Waals surface area contributed by atoms with Crippen molar-refractivity contribution in [3.63, 3.8) is 0 Å². The molecular formula is C17H25N2O2+. The van der Waals surface area contributed by atoms with Crippen molar-refractivity contribution in [3.05, 3.63) is 29.8 Å². The van der Waals surface area contributed by atoms with Crippen LogP contribution in [-0.2, 0) is 16.0 Å². The Kier molecular flexibility index (Phi) is 4.00. The van der Waals surface area contributed by atoms with Crippen LogP contribution in [0.5, 0.6) is 0 Å². The minimum Gasteiger partial charge on any atom is -0.364 e. The number of para-hydroxylation sites is 1. The Bertz CT molecular complexity index is 521. The van der Waals surface area contributed by atoms with Gasteiger partial charge in [-0.25, -0.2) is 0 Å². The van der Waals surface area contributed by atoms with E-state index < -0.39 is 0 Å². The largest absolute Gasteiger partial charge is 0.364 e. The first-order valence-electron chi connectivity index (χ1n) is 7.95. The second-order valence-corrected chi connectivity index (χ2v) is 6.41. The van der Waals surface area contributed by atoms with Gasteiger partial charge < -0.3 is 14.5 Å². The SMILES string of the molecule is C[C@@H]1C[NH+]([C@@H](C)C(=O)N2CCc3ccccc32)C[C@@H](C)O1. The Morgan fingerprint density at radius 2 is 1.95 bits per heavy atom. The van der Waals surface area contributed by atoms with Crippen LogP contribution in [0, 0.1) is 0 Å². The Labute approximate surface area is 126 Å². The molecule has 114 valence electrons. The van der Waals surface area contributed by atoms with Crippen LogP contribution in [0.25, 0.3) is 0 Å². The van der Waals surface area contributed by atoms with E-state index >= 15 is 0 Å². The number of quaternary nitrogens is 1. The van der Waals surface area contributed by atoms with Crippen LogP contribution in [-0.4, -0.2) is 43.8 Å². The number of morpholine rings is 1. The number of carbonyl (C=O) groups excluding carboxylic acids is 1. The highest BCUT2D eigenvalue weighted by molar-refractivity contribution is 5.97. The number of anilines is 1. The van der Waals surface area contributed by atoms with E-state index in [-0.39, 0.29) is 24.2 Å². The summed E-state index contributed by atoms with van der Waals surface area (Å²) < 4.78 is 5.78. The molecule has 0 radical (unpaired) electrons. The van der Waals surface area contributed by atoms with Crippen molar-refractivity contribution in [1.82, 2.24) is 0 Å². The number of nitrogens with zero attached hydrogens (tertiary/aromatic N) is 1. The number of nitrogens with one attached hydrogen (secondary N) is 1. The Morgan fingerprint density at radius 1 is 1.29 bits per heavy atom. The number of hydrogen-bond acceptors (Lipinski definition) is 2. The average Bonchev–Trinajstić information content (AvgIpc) is 2.88. The molecule has 4 nitrogen and oxygen atoms in total. The van der Waals surface area contributed by atoms with Gasteiger partial charge in [0.1, 0.15) is 25.3 Å². The normalized spacial score (nSPS) is 30.0. The highest BCUT2D eigenvalue weighted by atomic mass is 16.5. The third-order valence-electron chi connectivity index (χ3n) is 4.70. The van der Waals surface area contributed by atoms with Crippen LogP contribution in [0.1, 0.15) is 26.3 Å². The number of hydrogen-bond donors (Lipinski definition) is 1. The molecule has 0 aliphatic carbocycles. The van der Waals surface area contributed by atoms with E-state index in [4.69, 9.17) is 4.74 Å². The van der Waals surface area contributed by atoms with Gasteiger partial charge in [0, 0.05) is 12.2 Å². The third-order valence-corrected chi connectivity index (χ3v) is 4.70. The molecule has 1 saturated heterocycles. The van der Waals surface area contributed by atoms with Gasteiger partial charge in [0.25, 0.3) is 5.91 Å². The van der Waals surface area contributed by atoms with Gasteiger partial charge in [0.2, 0.25) is 0 Å². The molecular weight excluding hydrogens is 264 g/mol. The molecule has 3 atom stereocenters. The van der Waals surface area contributed by atoms with E-state index in [9.17, 15) is 4.79 Å². The predicted octanol–water partition coefficient (Wildman–Crippen LogP) is 0.656. The summed E-state index contributed by atoms with van der Waals surface area (Å²) in [5.74, 6) is 0.247. The molecule has 3 rings (SSSR count). The smallest absolute Gasteiger partial charge is 0.284 e. The van der Waals surface area contributed by atoms with E-state index in [1.54, 1.807) is 0 Å². The monoisotopic (exact) mass is 289 g/mol. The summed E-state index contributed by atoms with van der Waals surface area (Å²) in [6.07, 6.45) is 1.43. The van der Waals surface area contributed by atoms with Gasteiger partial charge in [-0.15, -0.1) is 0 Å². The molecule has 0 spiro atoms. The molecule has 0 saturated carbocycles. The second kappa shape index (κ2) is 5.78. The second-order valence-electron chi connectivity index (χ2n) is 6.41. The maximum Gasteiger partial charge on any atom is 0.284 e.